The van der Waals surface area contributed by atoms with Crippen LogP contribution in [-0.4, -0.2) is 25.6 Å². The average molecular weight is 222 g/mol. The monoisotopic (exact) mass is 222 g/mol. The normalized spacial score (nSPS) is 12.2. The van der Waals surface area contributed by atoms with Crippen LogP contribution in [0.4, 0.5) is 0 Å². The van der Waals surface area contributed by atoms with Crippen molar-refractivity contribution in [2.24, 2.45) is 0 Å². The van der Waals surface area contributed by atoms with Gasteiger partial charge in [0.2, 0.25) is 0 Å². The molecule has 0 radical (unpaired) electrons. The van der Waals surface area contributed by atoms with Gasteiger partial charge in [-0.15, -0.1) is 0 Å². The van der Waals surface area contributed by atoms with Gasteiger partial charge in [-0.05, 0) is 25.5 Å². The maximum Gasteiger partial charge on any atom is 0.194 e. The van der Waals surface area contributed by atoms with E-state index in [4.69, 9.17) is 9.47 Å². The van der Waals surface area contributed by atoms with Gasteiger partial charge in [-0.3, -0.25) is 4.79 Å². The van der Waals surface area contributed by atoms with Crippen LogP contribution >= 0.6 is 0 Å². The third kappa shape index (κ3) is 3.07. The molecule has 0 bridgehead atoms. The summed E-state index contributed by atoms with van der Waals surface area (Å²) in [6.07, 6.45) is 0.480. The molecule has 0 spiro atoms. The summed E-state index contributed by atoms with van der Waals surface area (Å²) in [7, 11) is 1.53. The number of methoxy groups -OCH3 is 1. The lowest BCUT2D eigenvalue weighted by Gasteiger charge is -2.12. The van der Waals surface area contributed by atoms with Crippen LogP contribution in [0.5, 0.6) is 5.75 Å². The van der Waals surface area contributed by atoms with Crippen molar-refractivity contribution in [1.82, 2.24) is 0 Å². The smallest absolute Gasteiger partial charge is 0.194 e. The molecule has 88 valence electrons. The molecular weight excluding hydrogens is 204 g/mol. The molecule has 1 unspecified atom stereocenters. The second kappa shape index (κ2) is 6.28. The average Bonchev–Trinajstić information content (AvgIpc) is 2.34. The first-order valence-corrected chi connectivity index (χ1v) is 5.49. The van der Waals surface area contributed by atoms with Gasteiger partial charge in [0.05, 0.1) is 12.2 Å². The molecule has 0 aliphatic rings. The number of hydrogen-bond donors (Lipinski definition) is 0. The molecule has 0 aliphatic carbocycles. The number of carbonyl (C=O) groups is 1. The molecule has 0 saturated heterocycles. The largest absolute Gasteiger partial charge is 0.493 e. The predicted octanol–water partition coefficient (Wildman–Crippen LogP) is 2.69. The quantitative estimate of drug-likeness (QED) is 0.694. The number of rotatable bonds is 6. The molecule has 0 fully saturated rings. The topological polar surface area (TPSA) is 35.5 Å². The Balaban J connectivity index is 2.89. The number of ketones is 1. The van der Waals surface area contributed by atoms with Crippen LogP contribution in [-0.2, 0) is 4.74 Å². The van der Waals surface area contributed by atoms with Crippen LogP contribution in [0.15, 0.2) is 24.3 Å². The van der Waals surface area contributed by atoms with Crippen LogP contribution in [0.2, 0.25) is 0 Å². The Morgan fingerprint density at radius 1 is 1.38 bits per heavy atom. The number of carbonyl (C=O) groups excluding carboxylic acids is 1. The maximum atomic E-state index is 12.0. The number of para-hydroxylation sites is 1. The highest BCUT2D eigenvalue weighted by atomic mass is 16.5. The second-order valence-corrected chi connectivity index (χ2v) is 3.59. The molecule has 1 aromatic rings. The van der Waals surface area contributed by atoms with E-state index in [2.05, 4.69) is 0 Å². The fourth-order valence-corrected chi connectivity index (χ4v) is 1.33. The van der Waals surface area contributed by atoms with E-state index in [1.807, 2.05) is 25.1 Å². The van der Waals surface area contributed by atoms with Gasteiger partial charge in [0.1, 0.15) is 11.9 Å². The van der Waals surface area contributed by atoms with Crippen molar-refractivity contribution < 1.29 is 14.3 Å². The van der Waals surface area contributed by atoms with Gasteiger partial charge in [0.15, 0.2) is 5.78 Å². The second-order valence-electron chi connectivity index (χ2n) is 3.59. The van der Waals surface area contributed by atoms with E-state index in [0.717, 1.165) is 6.42 Å². The minimum atomic E-state index is -0.439. The van der Waals surface area contributed by atoms with Gasteiger partial charge in [-0.1, -0.05) is 19.1 Å². The summed E-state index contributed by atoms with van der Waals surface area (Å²) in [5, 5.41) is 0. The Morgan fingerprint density at radius 3 is 2.69 bits per heavy atom. The van der Waals surface area contributed by atoms with E-state index in [1.54, 1.807) is 13.0 Å². The molecule has 1 aromatic carbocycles. The Morgan fingerprint density at radius 2 is 2.06 bits per heavy atom. The van der Waals surface area contributed by atoms with Crippen LogP contribution < -0.4 is 4.74 Å². The Bertz CT molecular complexity index is 347. The maximum absolute atomic E-state index is 12.0. The van der Waals surface area contributed by atoms with Gasteiger partial charge in [-0.2, -0.15) is 0 Å². The van der Waals surface area contributed by atoms with Crippen molar-refractivity contribution in [3.63, 3.8) is 0 Å². The van der Waals surface area contributed by atoms with E-state index in [9.17, 15) is 4.79 Å². The van der Waals surface area contributed by atoms with Gasteiger partial charge in [-0.25, -0.2) is 0 Å². The Labute approximate surface area is 96.4 Å². The zero-order valence-electron chi connectivity index (χ0n) is 10.0. The van der Waals surface area contributed by atoms with Gasteiger partial charge in [0, 0.05) is 7.11 Å². The van der Waals surface area contributed by atoms with E-state index >= 15 is 0 Å². The van der Waals surface area contributed by atoms with E-state index in [-0.39, 0.29) is 5.78 Å². The fraction of sp³-hybridized carbons (Fsp3) is 0.462. The van der Waals surface area contributed by atoms with Crippen LogP contribution in [0, 0.1) is 0 Å². The summed E-state index contributed by atoms with van der Waals surface area (Å²) in [4.78, 5) is 12.0. The zero-order chi connectivity index (χ0) is 12.0. The molecule has 0 heterocycles. The van der Waals surface area contributed by atoms with Gasteiger partial charge in [0.25, 0.3) is 0 Å². The van der Waals surface area contributed by atoms with Gasteiger partial charge >= 0.3 is 0 Å². The van der Waals surface area contributed by atoms with Crippen molar-refractivity contribution in [1.29, 1.82) is 0 Å². The van der Waals surface area contributed by atoms with Crippen molar-refractivity contribution >= 4 is 5.78 Å². The number of ether oxygens (including phenoxy) is 2. The predicted molar refractivity (Wildman–Crippen MR) is 63.0 cm³/mol. The summed E-state index contributed by atoms with van der Waals surface area (Å²) in [5.41, 5.74) is 0.588. The highest BCUT2D eigenvalue weighted by Crippen LogP contribution is 2.20. The summed E-state index contributed by atoms with van der Waals surface area (Å²) in [6.45, 7) is 4.38. The minimum absolute atomic E-state index is 0.0470. The first kappa shape index (κ1) is 12.7. The number of benzene rings is 1. The lowest BCUT2D eigenvalue weighted by Crippen LogP contribution is -2.20. The first-order valence-electron chi connectivity index (χ1n) is 5.49. The minimum Gasteiger partial charge on any atom is -0.493 e. The molecule has 0 aliphatic heterocycles. The first-order chi connectivity index (χ1) is 7.70. The molecule has 3 nitrogen and oxygen atoms in total. The van der Waals surface area contributed by atoms with Crippen LogP contribution in [0.25, 0.3) is 0 Å². The summed E-state index contributed by atoms with van der Waals surface area (Å²) in [5.74, 6) is 0.590. The summed E-state index contributed by atoms with van der Waals surface area (Å²) in [6, 6.07) is 7.27. The number of Topliss-reactive ketones (excluding diaryl/α,β-unsaturated/α-hetero) is 1. The van der Waals surface area contributed by atoms with E-state index < -0.39 is 6.10 Å². The molecular formula is C13H18O3. The molecule has 0 amide bonds. The third-order valence-electron chi connectivity index (χ3n) is 2.34. The fourth-order valence-electron chi connectivity index (χ4n) is 1.33. The third-order valence-corrected chi connectivity index (χ3v) is 2.34. The molecule has 3 heteroatoms. The van der Waals surface area contributed by atoms with E-state index in [0.29, 0.717) is 17.9 Å². The molecule has 16 heavy (non-hydrogen) atoms. The summed E-state index contributed by atoms with van der Waals surface area (Å²) >= 11 is 0. The highest BCUT2D eigenvalue weighted by Gasteiger charge is 2.18. The Kier molecular flexibility index (Phi) is 4.99. The molecule has 1 atom stereocenters. The molecule has 0 saturated carbocycles. The molecule has 1 rings (SSSR count). The van der Waals surface area contributed by atoms with Crippen molar-refractivity contribution in [2.75, 3.05) is 13.7 Å². The standard InChI is InChI=1S/C13H18O3/c1-4-9-16-12-8-6-5-7-11(12)13(14)10(2)15-3/h5-8,10H,4,9H2,1-3H3. The SMILES string of the molecule is CCCOc1ccccc1C(=O)C(C)OC. The van der Waals surface area contributed by atoms with Gasteiger partial charge < -0.3 is 9.47 Å². The van der Waals surface area contributed by atoms with E-state index in [1.165, 1.54) is 7.11 Å². The van der Waals surface area contributed by atoms with Crippen LogP contribution in [0.3, 0.4) is 0 Å². The highest BCUT2D eigenvalue weighted by molar-refractivity contribution is 6.01. The number of hydrogen-bond acceptors (Lipinski definition) is 3. The molecule has 0 N–H and O–H groups in total. The van der Waals surface area contributed by atoms with Crippen LogP contribution in [0.1, 0.15) is 30.6 Å². The van der Waals surface area contributed by atoms with Crippen molar-refractivity contribution in [3.05, 3.63) is 29.8 Å². The lowest BCUT2D eigenvalue weighted by atomic mass is 10.1. The lowest BCUT2D eigenvalue weighted by molar-refractivity contribution is 0.0652. The Hall–Kier alpha value is -1.35. The molecule has 0 aromatic heterocycles. The summed E-state index contributed by atoms with van der Waals surface area (Å²) < 4.78 is 10.5. The van der Waals surface area contributed by atoms with Crippen molar-refractivity contribution in [3.8, 4) is 5.75 Å². The van der Waals surface area contributed by atoms with Crippen molar-refractivity contribution in [2.45, 2.75) is 26.4 Å². The zero-order valence-corrected chi connectivity index (χ0v) is 10.0.